The van der Waals surface area contributed by atoms with Crippen LogP contribution in [-0.2, 0) is 4.79 Å². The highest BCUT2D eigenvalue weighted by Gasteiger charge is 2.31. The molecule has 0 radical (unpaired) electrons. The molecule has 5 rings (SSSR count). The van der Waals surface area contributed by atoms with Gasteiger partial charge >= 0.3 is 0 Å². The SMILES string of the molecule is O=C(C1CCCN(c2ccc(-c3cccnc3)nn2)C1)N1CCN(c2ccc(F)c(Cl)c2)CC1. The molecule has 176 valence electrons. The first-order chi connectivity index (χ1) is 16.6. The van der Waals surface area contributed by atoms with E-state index in [0.29, 0.717) is 32.7 Å². The molecule has 34 heavy (non-hydrogen) atoms. The number of benzene rings is 1. The fraction of sp³-hybridized carbons (Fsp3) is 0.360. The average Bonchev–Trinajstić information content (AvgIpc) is 2.91. The molecule has 0 aliphatic carbocycles. The Morgan fingerprint density at radius 3 is 2.56 bits per heavy atom. The molecule has 0 saturated carbocycles. The van der Waals surface area contributed by atoms with E-state index in [2.05, 4.69) is 25.0 Å². The highest BCUT2D eigenvalue weighted by molar-refractivity contribution is 6.31. The van der Waals surface area contributed by atoms with E-state index in [4.69, 9.17) is 11.6 Å². The second-order valence-electron chi connectivity index (χ2n) is 8.71. The lowest BCUT2D eigenvalue weighted by Gasteiger charge is -2.40. The molecule has 9 heteroatoms. The van der Waals surface area contributed by atoms with Crippen LogP contribution in [0.25, 0.3) is 11.3 Å². The zero-order chi connectivity index (χ0) is 23.5. The summed E-state index contributed by atoms with van der Waals surface area (Å²) in [5.74, 6) is 0.516. The van der Waals surface area contributed by atoms with Crippen LogP contribution >= 0.6 is 11.6 Å². The van der Waals surface area contributed by atoms with E-state index in [0.717, 1.165) is 42.1 Å². The van der Waals surface area contributed by atoms with Crippen LogP contribution in [0.5, 0.6) is 0 Å². The number of rotatable bonds is 4. The van der Waals surface area contributed by atoms with Crippen LogP contribution in [0.1, 0.15) is 12.8 Å². The van der Waals surface area contributed by atoms with Crippen molar-refractivity contribution in [3.8, 4) is 11.3 Å². The molecule has 2 aliphatic rings. The summed E-state index contributed by atoms with van der Waals surface area (Å²) in [5, 5.41) is 8.91. The van der Waals surface area contributed by atoms with Gasteiger partial charge in [-0.1, -0.05) is 11.6 Å². The van der Waals surface area contributed by atoms with Gasteiger partial charge in [0.2, 0.25) is 5.91 Å². The highest BCUT2D eigenvalue weighted by Crippen LogP contribution is 2.27. The van der Waals surface area contributed by atoms with Gasteiger partial charge in [0.25, 0.3) is 0 Å². The number of hydrogen-bond acceptors (Lipinski definition) is 6. The minimum Gasteiger partial charge on any atom is -0.368 e. The lowest BCUT2D eigenvalue weighted by atomic mass is 9.96. The molecule has 2 fully saturated rings. The standard InChI is InChI=1S/C25H26ClFN6O/c26-21-15-20(5-6-22(21)27)31-11-13-32(14-12-31)25(34)19-4-2-10-33(17-19)24-8-7-23(29-30-24)18-3-1-9-28-16-18/h1,3,5-9,15-16,19H,2,4,10-14,17H2. The number of hydrogen-bond donors (Lipinski definition) is 0. The van der Waals surface area contributed by atoms with Gasteiger partial charge in [0.05, 0.1) is 16.6 Å². The largest absolute Gasteiger partial charge is 0.368 e. The lowest BCUT2D eigenvalue weighted by Crippen LogP contribution is -2.52. The number of halogens is 2. The second-order valence-corrected chi connectivity index (χ2v) is 9.12. The van der Waals surface area contributed by atoms with Crippen LogP contribution in [0.15, 0.2) is 54.9 Å². The Balaban J connectivity index is 1.19. The van der Waals surface area contributed by atoms with Crippen LogP contribution in [-0.4, -0.2) is 65.3 Å². The topological polar surface area (TPSA) is 65.5 Å². The highest BCUT2D eigenvalue weighted by atomic mass is 35.5. The van der Waals surface area contributed by atoms with Crippen molar-refractivity contribution in [2.75, 3.05) is 49.1 Å². The number of nitrogens with zero attached hydrogens (tertiary/aromatic N) is 6. The summed E-state index contributed by atoms with van der Waals surface area (Å²) >= 11 is 5.93. The summed E-state index contributed by atoms with van der Waals surface area (Å²) in [5.41, 5.74) is 2.59. The first-order valence-corrected chi connectivity index (χ1v) is 11.9. The van der Waals surface area contributed by atoms with Crippen molar-refractivity contribution in [2.24, 2.45) is 5.92 Å². The Hall–Kier alpha value is -3.26. The van der Waals surface area contributed by atoms with E-state index in [1.807, 2.05) is 29.2 Å². The number of piperazine rings is 1. The van der Waals surface area contributed by atoms with Crippen molar-refractivity contribution < 1.29 is 9.18 Å². The van der Waals surface area contributed by atoms with Gasteiger partial charge in [0, 0.05) is 62.9 Å². The Morgan fingerprint density at radius 2 is 1.85 bits per heavy atom. The van der Waals surface area contributed by atoms with Gasteiger partial charge in [-0.2, -0.15) is 0 Å². The minimum atomic E-state index is -0.419. The van der Waals surface area contributed by atoms with Crippen LogP contribution < -0.4 is 9.80 Å². The maximum absolute atomic E-state index is 13.5. The number of carbonyl (C=O) groups excluding carboxylic acids is 1. The van der Waals surface area contributed by atoms with Crippen LogP contribution in [0.2, 0.25) is 5.02 Å². The third kappa shape index (κ3) is 4.82. The number of carbonyl (C=O) groups is 1. The van der Waals surface area contributed by atoms with E-state index < -0.39 is 5.82 Å². The molecule has 1 unspecified atom stereocenters. The fourth-order valence-corrected chi connectivity index (χ4v) is 4.85. The zero-order valence-electron chi connectivity index (χ0n) is 18.8. The molecular weight excluding hydrogens is 455 g/mol. The molecule has 7 nitrogen and oxygen atoms in total. The lowest BCUT2D eigenvalue weighted by molar-refractivity contribution is -0.136. The number of piperidine rings is 1. The summed E-state index contributed by atoms with van der Waals surface area (Å²) in [6, 6.07) is 12.5. The van der Waals surface area contributed by atoms with E-state index in [-0.39, 0.29) is 16.8 Å². The average molecular weight is 481 g/mol. The summed E-state index contributed by atoms with van der Waals surface area (Å²) in [4.78, 5) is 23.7. The predicted molar refractivity (Wildman–Crippen MR) is 130 cm³/mol. The molecule has 1 aromatic carbocycles. The Labute approximate surface area is 203 Å². The summed E-state index contributed by atoms with van der Waals surface area (Å²) in [7, 11) is 0. The van der Waals surface area contributed by atoms with Crippen molar-refractivity contribution in [2.45, 2.75) is 12.8 Å². The number of pyridine rings is 1. The van der Waals surface area contributed by atoms with Crippen molar-refractivity contribution in [3.63, 3.8) is 0 Å². The summed E-state index contributed by atoms with van der Waals surface area (Å²) in [6.07, 6.45) is 5.32. The van der Waals surface area contributed by atoms with Crippen LogP contribution in [0.3, 0.4) is 0 Å². The maximum atomic E-state index is 13.5. The smallest absolute Gasteiger partial charge is 0.227 e. The number of amides is 1. The van der Waals surface area contributed by atoms with Crippen LogP contribution in [0.4, 0.5) is 15.9 Å². The second kappa shape index (κ2) is 9.93. The van der Waals surface area contributed by atoms with Crippen molar-refractivity contribution in [1.29, 1.82) is 0 Å². The Morgan fingerprint density at radius 1 is 1.00 bits per heavy atom. The van der Waals surface area contributed by atoms with Gasteiger partial charge < -0.3 is 14.7 Å². The first kappa shape index (κ1) is 22.5. The molecule has 0 bridgehead atoms. The molecule has 4 heterocycles. The van der Waals surface area contributed by atoms with E-state index in [1.165, 1.54) is 6.07 Å². The van der Waals surface area contributed by atoms with Gasteiger partial charge in [-0.15, -0.1) is 10.2 Å². The van der Waals surface area contributed by atoms with E-state index >= 15 is 0 Å². The third-order valence-corrected chi connectivity index (χ3v) is 6.85. The summed E-state index contributed by atoms with van der Waals surface area (Å²) < 4.78 is 13.5. The minimum absolute atomic E-state index is 0.0552. The van der Waals surface area contributed by atoms with Crippen molar-refractivity contribution in [1.82, 2.24) is 20.1 Å². The molecule has 0 N–H and O–H groups in total. The quantitative estimate of drug-likeness (QED) is 0.564. The molecule has 0 spiro atoms. The molecule has 2 saturated heterocycles. The van der Waals surface area contributed by atoms with Gasteiger partial charge in [0.1, 0.15) is 5.82 Å². The molecule has 2 aromatic heterocycles. The molecule has 2 aliphatic heterocycles. The normalized spacial score (nSPS) is 18.8. The molecule has 3 aromatic rings. The predicted octanol–water partition coefficient (Wildman–Crippen LogP) is 3.90. The summed E-state index contributed by atoms with van der Waals surface area (Å²) in [6.45, 7) is 4.20. The van der Waals surface area contributed by atoms with Gasteiger partial charge in [-0.25, -0.2) is 4.39 Å². The van der Waals surface area contributed by atoms with Crippen molar-refractivity contribution in [3.05, 3.63) is 65.7 Å². The number of aromatic nitrogens is 3. The Bertz CT molecular complexity index is 1140. The van der Waals surface area contributed by atoms with E-state index in [1.54, 1.807) is 24.5 Å². The zero-order valence-corrected chi connectivity index (χ0v) is 19.5. The molecule has 1 atom stereocenters. The Kier molecular flexibility index (Phi) is 6.58. The van der Waals surface area contributed by atoms with Crippen molar-refractivity contribution >= 4 is 29.0 Å². The third-order valence-electron chi connectivity index (χ3n) is 6.56. The van der Waals surface area contributed by atoms with E-state index in [9.17, 15) is 9.18 Å². The molecular formula is C25H26ClFN6O. The van der Waals surface area contributed by atoms with Crippen LogP contribution in [0, 0.1) is 11.7 Å². The maximum Gasteiger partial charge on any atom is 0.227 e. The van der Waals surface area contributed by atoms with Gasteiger partial charge in [0.15, 0.2) is 5.82 Å². The van der Waals surface area contributed by atoms with Gasteiger partial charge in [-0.3, -0.25) is 9.78 Å². The van der Waals surface area contributed by atoms with Gasteiger partial charge in [-0.05, 0) is 55.3 Å². The fourth-order valence-electron chi connectivity index (χ4n) is 4.67. The number of anilines is 2. The monoisotopic (exact) mass is 480 g/mol. The molecule has 1 amide bonds. The first-order valence-electron chi connectivity index (χ1n) is 11.6.